The summed E-state index contributed by atoms with van der Waals surface area (Å²) in [7, 11) is 3.80. The highest BCUT2D eigenvalue weighted by atomic mass is 16.5. The molecule has 6 aromatic rings. The van der Waals surface area contributed by atoms with Gasteiger partial charge in [-0.2, -0.15) is 5.01 Å². The van der Waals surface area contributed by atoms with Gasteiger partial charge in [0.1, 0.15) is 11.0 Å². The fourth-order valence-corrected chi connectivity index (χ4v) is 4.17. The molecule has 9 nitrogen and oxygen atoms in total. The van der Waals surface area contributed by atoms with Crippen LogP contribution in [0.4, 0.5) is 11.9 Å². The van der Waals surface area contributed by atoms with Crippen molar-refractivity contribution in [2.45, 2.75) is 0 Å². The monoisotopic (exact) mass is 410 g/mol. The molecule has 6 rings (SSSR count). The molecule has 9 heteroatoms. The molecular weight excluding hydrogens is 392 g/mol. The molecule has 0 aliphatic rings. The number of imidazole rings is 2. The Morgan fingerprint density at radius 2 is 1.23 bits per heavy atom. The summed E-state index contributed by atoms with van der Waals surface area (Å²) in [5.74, 6) is 0.990. The molecule has 0 aliphatic carbocycles. The van der Waals surface area contributed by atoms with E-state index in [0.29, 0.717) is 11.9 Å². The predicted molar refractivity (Wildman–Crippen MR) is 119 cm³/mol. The van der Waals surface area contributed by atoms with Crippen molar-refractivity contribution < 1.29 is 5.21 Å². The van der Waals surface area contributed by atoms with E-state index in [-0.39, 0.29) is 0 Å². The first-order chi connectivity index (χ1) is 15.2. The number of aromatic nitrogens is 6. The molecule has 0 amide bonds. The number of aryl methyl sites for hydroxylation is 2. The number of nitrogens with zero attached hydrogens (tertiary/aromatic N) is 7. The normalized spacial score (nSPS) is 11.8. The topological polar surface area (TPSA) is 96.9 Å². The van der Waals surface area contributed by atoms with Gasteiger partial charge in [-0.25, -0.2) is 9.97 Å². The molecule has 31 heavy (non-hydrogen) atoms. The lowest BCUT2D eigenvalue weighted by Crippen LogP contribution is -2.34. The third-order valence-corrected chi connectivity index (χ3v) is 5.72. The van der Waals surface area contributed by atoms with Gasteiger partial charge in [0.2, 0.25) is 11.9 Å². The highest BCUT2D eigenvalue weighted by molar-refractivity contribution is 6.05. The third-order valence-electron chi connectivity index (χ3n) is 5.72. The number of anilines is 2. The van der Waals surface area contributed by atoms with Gasteiger partial charge in [-0.05, 0) is 48.5 Å². The molecule has 0 spiro atoms. The van der Waals surface area contributed by atoms with Crippen LogP contribution in [0.1, 0.15) is 0 Å². The van der Waals surface area contributed by atoms with E-state index in [9.17, 15) is 5.21 Å². The van der Waals surface area contributed by atoms with Crippen LogP contribution in [0.25, 0.3) is 43.9 Å². The number of hydrazine groups is 1. The van der Waals surface area contributed by atoms with Gasteiger partial charge in [-0.3, -0.25) is 15.2 Å². The van der Waals surface area contributed by atoms with Gasteiger partial charge in [0.15, 0.2) is 0 Å². The SMILES string of the molecule is Cn1c(N(NO)c2nc3c4cccnc4ccc3n2C)nc2c3cccnc3ccc21. The van der Waals surface area contributed by atoms with Gasteiger partial charge in [0.05, 0.1) is 22.1 Å². The van der Waals surface area contributed by atoms with Crippen LogP contribution in [0.15, 0.2) is 60.9 Å². The molecule has 0 saturated carbocycles. The number of nitrogens with one attached hydrogen (secondary N) is 1. The van der Waals surface area contributed by atoms with Crippen LogP contribution in [0.5, 0.6) is 0 Å². The second-order valence-electron chi connectivity index (χ2n) is 7.38. The van der Waals surface area contributed by atoms with Crippen molar-refractivity contribution in [1.82, 2.24) is 34.7 Å². The summed E-state index contributed by atoms with van der Waals surface area (Å²) in [4.78, 5) is 18.5. The molecule has 0 fully saturated rings. The van der Waals surface area contributed by atoms with Gasteiger partial charge in [-0.1, -0.05) is 0 Å². The van der Waals surface area contributed by atoms with Crippen LogP contribution in [-0.2, 0) is 14.1 Å². The van der Waals surface area contributed by atoms with Crippen LogP contribution in [-0.4, -0.2) is 34.3 Å². The summed E-state index contributed by atoms with van der Waals surface area (Å²) in [6.07, 6.45) is 3.52. The first-order valence-corrected chi connectivity index (χ1v) is 9.77. The maximum atomic E-state index is 10.1. The minimum atomic E-state index is 0.495. The van der Waals surface area contributed by atoms with Crippen molar-refractivity contribution in [3.8, 4) is 0 Å². The number of hydrogen-bond donors (Lipinski definition) is 2. The molecule has 0 bridgehead atoms. The van der Waals surface area contributed by atoms with Gasteiger partial charge >= 0.3 is 0 Å². The van der Waals surface area contributed by atoms with E-state index in [4.69, 9.17) is 9.97 Å². The molecule has 0 saturated heterocycles. The molecule has 0 unspecified atom stereocenters. The Morgan fingerprint density at radius 1 is 0.742 bits per heavy atom. The summed E-state index contributed by atoms with van der Waals surface area (Å²) in [6.45, 7) is 0. The largest absolute Gasteiger partial charge is 0.312 e. The second-order valence-corrected chi connectivity index (χ2v) is 7.38. The van der Waals surface area contributed by atoms with E-state index in [1.807, 2.05) is 71.8 Å². The number of rotatable bonds is 3. The second kappa shape index (κ2) is 6.46. The van der Waals surface area contributed by atoms with Crippen molar-refractivity contribution >= 4 is 55.8 Å². The van der Waals surface area contributed by atoms with E-state index >= 15 is 0 Å². The third kappa shape index (κ3) is 2.44. The quantitative estimate of drug-likeness (QED) is 0.430. The van der Waals surface area contributed by atoms with Crippen molar-refractivity contribution in [3.63, 3.8) is 0 Å². The summed E-state index contributed by atoms with van der Waals surface area (Å²) >= 11 is 0. The Kier molecular flexibility index (Phi) is 3.70. The highest BCUT2D eigenvalue weighted by Crippen LogP contribution is 2.32. The van der Waals surface area contributed by atoms with Gasteiger partial charge in [-0.15, -0.1) is 5.59 Å². The van der Waals surface area contributed by atoms with E-state index in [2.05, 4.69) is 15.6 Å². The standard InChI is InChI=1S/C22H18N8O/c1-28-17-9-7-15-13(5-3-11-23-15)19(17)25-21(28)30(27-31)22-26-20-14-6-4-12-24-16(14)8-10-18(20)29(22)2/h3-12,27,31H,1-2H3. The molecule has 152 valence electrons. The Hall–Kier alpha value is -4.08. The minimum absolute atomic E-state index is 0.495. The lowest BCUT2D eigenvalue weighted by atomic mass is 10.2. The van der Waals surface area contributed by atoms with Crippen molar-refractivity contribution in [2.24, 2.45) is 14.1 Å². The van der Waals surface area contributed by atoms with Crippen molar-refractivity contribution in [3.05, 3.63) is 60.9 Å². The van der Waals surface area contributed by atoms with Gasteiger partial charge in [0, 0.05) is 37.3 Å². The average molecular weight is 410 g/mol. The number of hydrogen-bond acceptors (Lipinski definition) is 7. The van der Waals surface area contributed by atoms with Crippen molar-refractivity contribution in [1.29, 1.82) is 0 Å². The summed E-state index contributed by atoms with van der Waals surface area (Å²) < 4.78 is 3.81. The smallest absolute Gasteiger partial charge is 0.230 e. The number of fused-ring (bicyclic) bond motifs is 6. The fourth-order valence-electron chi connectivity index (χ4n) is 4.17. The van der Waals surface area contributed by atoms with E-state index < -0.39 is 0 Å². The summed E-state index contributed by atoms with van der Waals surface area (Å²) in [5, 5.41) is 13.5. The average Bonchev–Trinajstić information content (AvgIpc) is 3.32. The van der Waals surface area contributed by atoms with Gasteiger partial charge in [0.25, 0.3) is 0 Å². The minimum Gasteiger partial charge on any atom is -0.312 e. The lowest BCUT2D eigenvalue weighted by Gasteiger charge is -2.19. The molecular formula is C22H18N8O. The fraction of sp³-hybridized carbons (Fsp3) is 0.0909. The van der Waals surface area contributed by atoms with Crippen molar-refractivity contribution in [2.75, 3.05) is 5.01 Å². The number of pyridine rings is 2. The van der Waals surface area contributed by atoms with E-state index in [1.165, 1.54) is 5.01 Å². The molecule has 0 aliphatic heterocycles. The highest BCUT2D eigenvalue weighted by Gasteiger charge is 2.23. The Morgan fingerprint density at radius 3 is 1.68 bits per heavy atom. The first kappa shape index (κ1) is 17.8. The van der Waals surface area contributed by atoms with Gasteiger partial charge < -0.3 is 9.13 Å². The van der Waals surface area contributed by atoms with Crippen LogP contribution in [0.3, 0.4) is 0 Å². The Bertz CT molecular complexity index is 1500. The zero-order valence-electron chi connectivity index (χ0n) is 16.9. The van der Waals surface area contributed by atoms with Crippen LogP contribution >= 0.6 is 0 Å². The molecule has 0 atom stereocenters. The molecule has 0 radical (unpaired) electrons. The molecule has 4 aromatic heterocycles. The van der Waals surface area contributed by atoms with Crippen LogP contribution < -0.4 is 10.6 Å². The predicted octanol–water partition coefficient (Wildman–Crippen LogP) is 3.59. The molecule has 4 heterocycles. The summed E-state index contributed by atoms with van der Waals surface area (Å²) in [5.41, 5.74) is 7.45. The lowest BCUT2D eigenvalue weighted by molar-refractivity contribution is 0.163. The first-order valence-electron chi connectivity index (χ1n) is 9.77. The summed E-state index contributed by atoms with van der Waals surface area (Å²) in [6, 6.07) is 15.7. The zero-order chi connectivity index (χ0) is 21.1. The molecule has 2 aromatic carbocycles. The molecule has 2 N–H and O–H groups in total. The Labute approximate surface area is 176 Å². The Balaban J connectivity index is 1.60. The maximum absolute atomic E-state index is 10.1. The van der Waals surface area contributed by atoms with Crippen LogP contribution in [0.2, 0.25) is 0 Å². The number of benzene rings is 2. The zero-order valence-corrected chi connectivity index (χ0v) is 16.9. The van der Waals surface area contributed by atoms with E-state index in [0.717, 1.165) is 43.9 Å². The van der Waals surface area contributed by atoms with Crippen LogP contribution in [0, 0.1) is 0 Å². The maximum Gasteiger partial charge on any atom is 0.230 e. The van der Waals surface area contributed by atoms with E-state index in [1.54, 1.807) is 12.4 Å².